The van der Waals surface area contributed by atoms with E-state index in [0.717, 1.165) is 16.9 Å². The Morgan fingerprint density at radius 3 is 2.67 bits per heavy atom. The van der Waals surface area contributed by atoms with Gasteiger partial charge in [-0.15, -0.1) is 0 Å². The van der Waals surface area contributed by atoms with Crippen LogP contribution in [0.5, 0.6) is 0 Å². The van der Waals surface area contributed by atoms with Crippen LogP contribution in [0.4, 0.5) is 11.4 Å². The van der Waals surface area contributed by atoms with E-state index in [1.54, 1.807) is 11.9 Å². The number of hydrogen-bond acceptors (Lipinski definition) is 4. The maximum atomic E-state index is 11.6. The second-order valence-corrected chi connectivity index (χ2v) is 4.57. The number of carbonyl (C=O) groups is 1. The van der Waals surface area contributed by atoms with Gasteiger partial charge in [-0.3, -0.25) is 4.79 Å². The van der Waals surface area contributed by atoms with Crippen molar-refractivity contribution < 1.29 is 15.0 Å². The van der Waals surface area contributed by atoms with Crippen LogP contribution in [0.15, 0.2) is 18.2 Å². The van der Waals surface area contributed by atoms with Crippen LogP contribution in [0.3, 0.4) is 0 Å². The molecule has 2 N–H and O–H groups in total. The highest BCUT2D eigenvalue weighted by molar-refractivity contribution is 6.01. The number of benzene rings is 1. The number of anilines is 2. The summed E-state index contributed by atoms with van der Waals surface area (Å²) < 4.78 is 0. The van der Waals surface area contributed by atoms with Crippen LogP contribution < -0.4 is 9.80 Å². The van der Waals surface area contributed by atoms with Gasteiger partial charge in [0.2, 0.25) is 5.91 Å². The van der Waals surface area contributed by atoms with Crippen molar-refractivity contribution in [1.29, 1.82) is 0 Å². The molecule has 5 heteroatoms. The van der Waals surface area contributed by atoms with Crippen LogP contribution in [-0.2, 0) is 11.2 Å². The summed E-state index contributed by atoms with van der Waals surface area (Å²) in [5, 5.41) is 18.3. The number of amides is 1. The lowest BCUT2D eigenvalue weighted by Crippen LogP contribution is -2.37. The first-order chi connectivity index (χ1) is 8.58. The Kier molecular flexibility index (Phi) is 3.54. The van der Waals surface area contributed by atoms with Gasteiger partial charge in [0.1, 0.15) is 0 Å². The number of carbonyl (C=O) groups excluding carboxylic acids is 1. The Balaban J connectivity index is 2.28. The number of nitrogens with zero attached hydrogens (tertiary/aromatic N) is 2. The first-order valence-corrected chi connectivity index (χ1v) is 5.92. The van der Waals surface area contributed by atoms with Gasteiger partial charge in [0.05, 0.1) is 25.7 Å². The van der Waals surface area contributed by atoms with E-state index in [0.29, 0.717) is 6.42 Å². The molecule has 0 radical (unpaired) electrons. The van der Waals surface area contributed by atoms with E-state index in [1.165, 1.54) is 0 Å². The lowest BCUT2D eigenvalue weighted by Gasteiger charge is -2.27. The number of aliphatic hydroxyl groups excluding tert-OH is 2. The van der Waals surface area contributed by atoms with Crippen LogP contribution in [0.25, 0.3) is 0 Å². The molecule has 1 aromatic carbocycles. The van der Waals surface area contributed by atoms with Crippen molar-refractivity contribution in [3.8, 4) is 0 Å². The van der Waals surface area contributed by atoms with Crippen molar-refractivity contribution in [3.05, 3.63) is 23.8 Å². The molecule has 0 saturated heterocycles. The minimum absolute atomic E-state index is 0.0886. The van der Waals surface area contributed by atoms with E-state index in [9.17, 15) is 15.0 Å². The van der Waals surface area contributed by atoms with Crippen molar-refractivity contribution in [3.63, 3.8) is 0 Å². The molecule has 0 fully saturated rings. The summed E-state index contributed by atoms with van der Waals surface area (Å²) in [6, 6.07) is 5.41. The van der Waals surface area contributed by atoms with Gasteiger partial charge in [-0.1, -0.05) is 0 Å². The highest BCUT2D eigenvalue weighted by atomic mass is 16.3. The van der Waals surface area contributed by atoms with E-state index in [1.807, 2.05) is 30.1 Å². The van der Waals surface area contributed by atoms with Gasteiger partial charge < -0.3 is 20.0 Å². The molecule has 0 unspecified atom stereocenters. The summed E-state index contributed by atoms with van der Waals surface area (Å²) >= 11 is 0. The summed E-state index contributed by atoms with van der Waals surface area (Å²) in [7, 11) is 3.58. The Hall–Kier alpha value is -1.59. The Labute approximate surface area is 106 Å². The predicted octanol–water partition coefficient (Wildman–Crippen LogP) is -0.00510. The predicted molar refractivity (Wildman–Crippen MR) is 69.9 cm³/mol. The quantitative estimate of drug-likeness (QED) is 0.789. The van der Waals surface area contributed by atoms with E-state index in [2.05, 4.69) is 0 Å². The molecule has 5 nitrogen and oxygen atoms in total. The van der Waals surface area contributed by atoms with Gasteiger partial charge in [-0.05, 0) is 23.8 Å². The fourth-order valence-corrected chi connectivity index (χ4v) is 2.19. The summed E-state index contributed by atoms with van der Waals surface area (Å²) in [6.45, 7) is -0.216. The topological polar surface area (TPSA) is 64.0 Å². The molecule has 0 aliphatic carbocycles. The number of hydrogen-bond donors (Lipinski definition) is 2. The molecule has 1 heterocycles. The van der Waals surface area contributed by atoms with Gasteiger partial charge >= 0.3 is 0 Å². The van der Waals surface area contributed by atoms with Crippen LogP contribution in [0.2, 0.25) is 0 Å². The second kappa shape index (κ2) is 4.96. The van der Waals surface area contributed by atoms with Gasteiger partial charge in [0.15, 0.2) is 0 Å². The van der Waals surface area contributed by atoms with Crippen LogP contribution in [0, 0.1) is 0 Å². The van der Waals surface area contributed by atoms with Crippen molar-refractivity contribution in [2.75, 3.05) is 37.1 Å². The minimum atomic E-state index is -0.321. The average Bonchev–Trinajstić information content (AvgIpc) is 2.66. The molecular formula is C13H18N2O3. The summed E-state index contributed by atoms with van der Waals surface area (Å²) in [5.41, 5.74) is 2.81. The van der Waals surface area contributed by atoms with Crippen molar-refractivity contribution in [1.82, 2.24) is 0 Å². The lowest BCUT2D eigenvalue weighted by molar-refractivity contribution is -0.117. The third kappa shape index (κ3) is 2.07. The molecule has 2 rings (SSSR count). The number of fused-ring (bicyclic) bond motifs is 1. The lowest BCUT2D eigenvalue weighted by atomic mass is 10.1. The molecule has 1 aliphatic rings. The molecular weight excluding hydrogens is 232 g/mol. The molecule has 0 saturated carbocycles. The SMILES string of the molecule is CN1C(=O)Cc2cc(N(C)C(CO)CO)ccc21. The van der Waals surface area contributed by atoms with Gasteiger partial charge in [0.25, 0.3) is 0 Å². The van der Waals surface area contributed by atoms with Crippen molar-refractivity contribution >= 4 is 17.3 Å². The Morgan fingerprint density at radius 1 is 1.39 bits per heavy atom. The van der Waals surface area contributed by atoms with Crippen LogP contribution in [-0.4, -0.2) is 49.5 Å². The molecule has 1 aromatic rings. The minimum Gasteiger partial charge on any atom is -0.394 e. The van der Waals surface area contributed by atoms with Gasteiger partial charge in [-0.2, -0.15) is 0 Å². The Morgan fingerprint density at radius 2 is 2.06 bits per heavy atom. The number of aliphatic hydroxyl groups is 2. The Bertz CT molecular complexity index is 458. The molecule has 0 aromatic heterocycles. The zero-order valence-corrected chi connectivity index (χ0v) is 10.6. The smallest absolute Gasteiger partial charge is 0.231 e. The molecule has 0 atom stereocenters. The molecule has 18 heavy (non-hydrogen) atoms. The van der Waals surface area contributed by atoms with E-state index in [4.69, 9.17) is 0 Å². The summed E-state index contributed by atoms with van der Waals surface area (Å²) in [6.07, 6.45) is 0.413. The fraction of sp³-hybridized carbons (Fsp3) is 0.462. The molecule has 0 spiro atoms. The third-order valence-electron chi connectivity index (χ3n) is 3.52. The van der Waals surface area contributed by atoms with Crippen molar-refractivity contribution in [2.45, 2.75) is 12.5 Å². The monoisotopic (exact) mass is 250 g/mol. The first-order valence-electron chi connectivity index (χ1n) is 5.92. The molecule has 1 aliphatic heterocycles. The second-order valence-electron chi connectivity index (χ2n) is 4.57. The first kappa shape index (κ1) is 12.9. The zero-order chi connectivity index (χ0) is 13.3. The summed E-state index contributed by atoms with van der Waals surface area (Å²) in [4.78, 5) is 15.1. The van der Waals surface area contributed by atoms with Gasteiger partial charge in [-0.25, -0.2) is 0 Å². The zero-order valence-electron chi connectivity index (χ0n) is 10.6. The fourth-order valence-electron chi connectivity index (χ4n) is 2.19. The normalized spacial score (nSPS) is 14.3. The average molecular weight is 250 g/mol. The molecule has 98 valence electrons. The standard InChI is InChI=1S/C13H18N2O3/c1-14(11(7-16)8-17)10-3-4-12-9(5-10)6-13(18)15(12)2/h3-5,11,16-17H,6-8H2,1-2H3. The van der Waals surface area contributed by atoms with E-state index in [-0.39, 0.29) is 25.2 Å². The van der Waals surface area contributed by atoms with Crippen molar-refractivity contribution in [2.24, 2.45) is 0 Å². The maximum Gasteiger partial charge on any atom is 0.231 e. The van der Waals surface area contributed by atoms with E-state index < -0.39 is 0 Å². The molecule has 1 amide bonds. The van der Waals surface area contributed by atoms with E-state index >= 15 is 0 Å². The third-order valence-corrected chi connectivity index (χ3v) is 3.52. The van der Waals surface area contributed by atoms with Crippen LogP contribution >= 0.6 is 0 Å². The maximum absolute atomic E-state index is 11.6. The number of rotatable bonds is 4. The summed E-state index contributed by atoms with van der Waals surface area (Å²) in [5.74, 6) is 0.0886. The highest BCUT2D eigenvalue weighted by Gasteiger charge is 2.25. The van der Waals surface area contributed by atoms with Crippen LogP contribution in [0.1, 0.15) is 5.56 Å². The highest BCUT2D eigenvalue weighted by Crippen LogP contribution is 2.31. The van der Waals surface area contributed by atoms with Gasteiger partial charge in [0, 0.05) is 25.5 Å². The number of likely N-dealkylation sites (N-methyl/N-ethyl adjacent to an activating group) is 2. The molecule has 0 bridgehead atoms. The largest absolute Gasteiger partial charge is 0.394 e.